The van der Waals surface area contributed by atoms with Crippen molar-refractivity contribution < 1.29 is 4.79 Å². The summed E-state index contributed by atoms with van der Waals surface area (Å²) >= 11 is 0. The summed E-state index contributed by atoms with van der Waals surface area (Å²) in [6, 6.07) is 0. The van der Waals surface area contributed by atoms with Crippen LogP contribution in [0, 0.1) is 0 Å². The zero-order chi connectivity index (χ0) is 9.40. The Morgan fingerprint density at radius 1 is 1.50 bits per heavy atom. The fourth-order valence-electron chi connectivity index (χ4n) is 0.567. The van der Waals surface area contributed by atoms with Crippen LogP contribution in [0.3, 0.4) is 0 Å². The second-order valence-electron chi connectivity index (χ2n) is 2.40. The van der Waals surface area contributed by atoms with E-state index in [1.807, 2.05) is 18.2 Å². The molecule has 0 aliphatic heterocycles. The van der Waals surface area contributed by atoms with E-state index in [-0.39, 0.29) is 0 Å². The minimum Gasteiger partial charge on any atom is -0.319 e. The second-order valence-corrected chi connectivity index (χ2v) is 2.40. The number of hydrogen-bond acceptors (Lipinski definition) is 1. The van der Waals surface area contributed by atoms with Gasteiger partial charge in [-0.25, -0.2) is 0 Å². The van der Waals surface area contributed by atoms with E-state index in [1.54, 1.807) is 13.1 Å². The van der Waals surface area contributed by atoms with Crippen LogP contribution in [0.1, 0.15) is 13.3 Å². The molecule has 0 saturated heterocycles. The minimum absolute atomic E-state index is 0.686. The smallest absolute Gasteiger partial charge is 0.213 e. The Morgan fingerprint density at radius 2 is 2.17 bits per heavy atom. The third-order valence-corrected chi connectivity index (χ3v) is 1.38. The first kappa shape index (κ1) is 10.7. The number of amides is 1. The molecule has 2 heteroatoms. The van der Waals surface area contributed by atoms with Crippen LogP contribution in [-0.2, 0) is 4.79 Å². The van der Waals surface area contributed by atoms with E-state index >= 15 is 0 Å². The van der Waals surface area contributed by atoms with Gasteiger partial charge in [-0.1, -0.05) is 31.7 Å². The summed E-state index contributed by atoms with van der Waals surface area (Å²) < 4.78 is 0. The van der Waals surface area contributed by atoms with Gasteiger partial charge in [0.05, 0.1) is 0 Å². The van der Waals surface area contributed by atoms with Crippen LogP contribution in [0.5, 0.6) is 0 Å². The predicted octanol–water partition coefficient (Wildman–Crippen LogP) is 2.11. The molecule has 0 heterocycles. The molecule has 0 radical (unpaired) electrons. The topological polar surface area (TPSA) is 20.3 Å². The maximum absolute atomic E-state index is 10.2. The number of allylic oxidation sites excluding steroid dienone is 4. The lowest BCUT2D eigenvalue weighted by Gasteiger charge is -2.08. The molecule has 0 fully saturated rings. The molecular formula is C10H15NO. The first-order valence-corrected chi connectivity index (χ1v) is 3.92. The normalized spacial score (nSPS) is 10.8. The zero-order valence-electron chi connectivity index (χ0n) is 7.66. The quantitative estimate of drug-likeness (QED) is 0.451. The van der Waals surface area contributed by atoms with Gasteiger partial charge in [-0.05, 0) is 12.5 Å². The van der Waals surface area contributed by atoms with Gasteiger partial charge < -0.3 is 4.90 Å². The predicted molar refractivity (Wildman–Crippen MR) is 51.5 cm³/mol. The minimum atomic E-state index is 0.686. The van der Waals surface area contributed by atoms with Gasteiger partial charge >= 0.3 is 0 Å². The summed E-state index contributed by atoms with van der Waals surface area (Å²) in [6.45, 7) is 5.76. The number of carbonyl (C=O) groups is 1. The Hall–Kier alpha value is -1.31. The number of likely N-dealkylation sites (N-methyl/N-ethyl adjacent to an activating group) is 1. The molecule has 0 aliphatic rings. The number of rotatable bonds is 5. The van der Waals surface area contributed by atoms with Gasteiger partial charge in [0.2, 0.25) is 6.41 Å². The van der Waals surface area contributed by atoms with Gasteiger partial charge in [0.15, 0.2) is 0 Å². The third-order valence-electron chi connectivity index (χ3n) is 1.38. The SMILES string of the molecule is C=C(C=CC=CCC)N(C)C=O. The lowest BCUT2D eigenvalue weighted by Crippen LogP contribution is -2.12. The fraction of sp³-hybridized carbons (Fsp3) is 0.300. The fourth-order valence-corrected chi connectivity index (χ4v) is 0.567. The molecule has 1 amide bonds. The van der Waals surface area contributed by atoms with Crippen molar-refractivity contribution >= 4 is 6.41 Å². The van der Waals surface area contributed by atoms with Gasteiger partial charge in [-0.2, -0.15) is 0 Å². The molecule has 0 bridgehead atoms. The first-order chi connectivity index (χ1) is 5.72. The van der Waals surface area contributed by atoms with Crippen LogP contribution in [-0.4, -0.2) is 18.4 Å². The highest BCUT2D eigenvalue weighted by atomic mass is 16.1. The maximum atomic E-state index is 10.2. The molecule has 2 nitrogen and oxygen atoms in total. The summed E-state index contributed by atoms with van der Waals surface area (Å²) in [4.78, 5) is 11.7. The van der Waals surface area contributed by atoms with Crippen molar-refractivity contribution in [3.05, 3.63) is 36.6 Å². The van der Waals surface area contributed by atoms with E-state index in [4.69, 9.17) is 0 Å². The molecule has 0 aromatic carbocycles. The van der Waals surface area contributed by atoms with E-state index in [9.17, 15) is 4.79 Å². The Kier molecular flexibility index (Phi) is 5.70. The van der Waals surface area contributed by atoms with Crippen molar-refractivity contribution in [2.75, 3.05) is 7.05 Å². The van der Waals surface area contributed by atoms with E-state index in [0.717, 1.165) is 12.8 Å². The molecule has 66 valence electrons. The molecule has 0 rings (SSSR count). The standard InChI is InChI=1S/C10H15NO/c1-4-5-6-7-8-10(2)11(3)9-12/h5-9H,2,4H2,1,3H3. The van der Waals surface area contributed by atoms with Gasteiger partial charge in [-0.15, -0.1) is 0 Å². The largest absolute Gasteiger partial charge is 0.319 e. The van der Waals surface area contributed by atoms with Crippen molar-refractivity contribution in [3.8, 4) is 0 Å². The molecule has 0 aliphatic carbocycles. The Balaban J connectivity index is 3.91. The summed E-state index contributed by atoms with van der Waals surface area (Å²) in [6.07, 6.45) is 9.37. The van der Waals surface area contributed by atoms with Crippen molar-refractivity contribution in [1.82, 2.24) is 4.90 Å². The number of nitrogens with zero attached hydrogens (tertiary/aromatic N) is 1. The molecule has 0 unspecified atom stereocenters. The van der Waals surface area contributed by atoms with Crippen molar-refractivity contribution in [3.63, 3.8) is 0 Å². The number of hydrogen-bond donors (Lipinski definition) is 0. The molecule has 0 atom stereocenters. The number of carbonyl (C=O) groups excluding carboxylic acids is 1. The molecule has 0 aromatic rings. The summed E-state index contributed by atoms with van der Waals surface area (Å²) in [5.74, 6) is 0. The van der Waals surface area contributed by atoms with Crippen molar-refractivity contribution in [2.24, 2.45) is 0 Å². The molecule has 0 N–H and O–H groups in total. The molecule has 0 spiro atoms. The summed E-state index contributed by atoms with van der Waals surface area (Å²) in [7, 11) is 1.67. The van der Waals surface area contributed by atoms with E-state index in [2.05, 4.69) is 13.5 Å². The Bertz CT molecular complexity index is 204. The Labute approximate surface area is 73.9 Å². The van der Waals surface area contributed by atoms with Crippen molar-refractivity contribution in [2.45, 2.75) is 13.3 Å². The summed E-state index contributed by atoms with van der Waals surface area (Å²) in [5, 5.41) is 0. The molecule has 0 saturated carbocycles. The van der Waals surface area contributed by atoms with Crippen LogP contribution in [0.2, 0.25) is 0 Å². The lowest BCUT2D eigenvalue weighted by molar-refractivity contribution is -0.115. The van der Waals surface area contributed by atoms with Crippen LogP contribution >= 0.6 is 0 Å². The van der Waals surface area contributed by atoms with Crippen LogP contribution in [0.15, 0.2) is 36.6 Å². The van der Waals surface area contributed by atoms with E-state index in [1.165, 1.54) is 4.90 Å². The van der Waals surface area contributed by atoms with Gasteiger partial charge in [0, 0.05) is 12.7 Å². The van der Waals surface area contributed by atoms with Gasteiger partial charge in [0.25, 0.3) is 0 Å². The molecule has 12 heavy (non-hydrogen) atoms. The first-order valence-electron chi connectivity index (χ1n) is 3.92. The zero-order valence-corrected chi connectivity index (χ0v) is 7.66. The maximum Gasteiger partial charge on any atom is 0.213 e. The highest BCUT2D eigenvalue weighted by Gasteiger charge is 1.91. The second kappa shape index (κ2) is 6.40. The lowest BCUT2D eigenvalue weighted by atomic mass is 10.3. The third kappa shape index (κ3) is 4.50. The van der Waals surface area contributed by atoms with E-state index in [0.29, 0.717) is 5.70 Å². The van der Waals surface area contributed by atoms with Gasteiger partial charge in [0.1, 0.15) is 0 Å². The van der Waals surface area contributed by atoms with Crippen LogP contribution < -0.4 is 0 Å². The Morgan fingerprint density at radius 3 is 2.67 bits per heavy atom. The van der Waals surface area contributed by atoms with Gasteiger partial charge in [-0.3, -0.25) is 4.79 Å². The average molecular weight is 165 g/mol. The monoisotopic (exact) mass is 165 g/mol. The summed E-state index contributed by atoms with van der Waals surface area (Å²) in [5.41, 5.74) is 0.686. The highest BCUT2D eigenvalue weighted by Crippen LogP contribution is 1.96. The molecular weight excluding hydrogens is 150 g/mol. The molecule has 0 aromatic heterocycles. The average Bonchev–Trinajstić information content (AvgIpc) is 2.10. The van der Waals surface area contributed by atoms with E-state index < -0.39 is 0 Å². The van der Waals surface area contributed by atoms with Crippen LogP contribution in [0.25, 0.3) is 0 Å². The van der Waals surface area contributed by atoms with Crippen molar-refractivity contribution in [1.29, 1.82) is 0 Å². The highest BCUT2D eigenvalue weighted by molar-refractivity contribution is 5.51. The van der Waals surface area contributed by atoms with Crippen LogP contribution in [0.4, 0.5) is 0 Å².